The van der Waals surface area contributed by atoms with Crippen molar-refractivity contribution in [1.29, 1.82) is 0 Å². The van der Waals surface area contributed by atoms with Crippen LogP contribution in [0.15, 0.2) is 33.8 Å². The minimum Gasteiger partial charge on any atom is -0.370 e. The zero-order valence-corrected chi connectivity index (χ0v) is 18.7. The molecule has 0 unspecified atom stereocenters. The van der Waals surface area contributed by atoms with Crippen LogP contribution in [0.3, 0.4) is 0 Å². The molecule has 0 amide bonds. The molecule has 148 valence electrons. The van der Waals surface area contributed by atoms with Crippen LogP contribution in [-0.4, -0.2) is 53.7 Å². The highest BCUT2D eigenvalue weighted by molar-refractivity contribution is 14.0. The van der Waals surface area contributed by atoms with E-state index in [2.05, 4.69) is 24.9 Å². The first-order valence-corrected chi connectivity index (χ1v) is 9.28. The summed E-state index contributed by atoms with van der Waals surface area (Å²) in [5, 5.41) is 4.71. The van der Waals surface area contributed by atoms with E-state index in [0.717, 1.165) is 37.0 Å². The van der Waals surface area contributed by atoms with Gasteiger partial charge in [0.25, 0.3) is 0 Å². The van der Waals surface area contributed by atoms with Gasteiger partial charge in [-0.2, -0.15) is 4.98 Å². The fourth-order valence-electron chi connectivity index (χ4n) is 2.82. The monoisotopic (exact) mass is 504 g/mol. The van der Waals surface area contributed by atoms with Crippen molar-refractivity contribution in [3.8, 4) is 0 Å². The molecule has 0 bridgehead atoms. The summed E-state index contributed by atoms with van der Waals surface area (Å²) in [6, 6.07) is 7.93. The van der Waals surface area contributed by atoms with Crippen LogP contribution < -0.4 is 10.6 Å². The van der Waals surface area contributed by atoms with E-state index in [1.54, 1.807) is 0 Å². The molecule has 1 aliphatic heterocycles. The Kier molecular flexibility index (Phi) is 8.15. The Morgan fingerprint density at radius 3 is 2.48 bits per heavy atom. The Bertz CT molecular complexity index is 741. The Morgan fingerprint density at radius 2 is 1.89 bits per heavy atom. The Labute approximate surface area is 182 Å². The number of piperazine rings is 1. The number of halogens is 2. The van der Waals surface area contributed by atoms with Crippen LogP contribution in [-0.2, 0) is 6.42 Å². The highest BCUT2D eigenvalue weighted by Crippen LogP contribution is 2.19. The number of nitrogens with two attached hydrogens (primary N) is 1. The third kappa shape index (κ3) is 5.97. The number of guanidine groups is 1. The van der Waals surface area contributed by atoms with Crippen LogP contribution in [0.2, 0.25) is 5.02 Å². The molecule has 9 heteroatoms. The van der Waals surface area contributed by atoms with E-state index in [0.29, 0.717) is 24.8 Å². The van der Waals surface area contributed by atoms with Gasteiger partial charge in [-0.3, -0.25) is 4.99 Å². The number of benzene rings is 1. The number of hydrogen-bond donors (Lipinski definition) is 1. The minimum absolute atomic E-state index is 0. The molecule has 2 N–H and O–H groups in total. The van der Waals surface area contributed by atoms with Gasteiger partial charge < -0.3 is 20.1 Å². The van der Waals surface area contributed by atoms with Crippen LogP contribution >= 0.6 is 35.6 Å². The predicted octanol–water partition coefficient (Wildman–Crippen LogP) is 3.14. The average Bonchev–Trinajstić information content (AvgIpc) is 3.12. The maximum atomic E-state index is 6.14. The van der Waals surface area contributed by atoms with E-state index in [9.17, 15) is 0 Å². The van der Waals surface area contributed by atoms with Crippen molar-refractivity contribution in [1.82, 2.24) is 15.0 Å². The number of aromatic nitrogens is 2. The van der Waals surface area contributed by atoms with Crippen molar-refractivity contribution in [2.24, 2.45) is 10.7 Å². The van der Waals surface area contributed by atoms with Crippen molar-refractivity contribution in [3.63, 3.8) is 0 Å². The fourth-order valence-corrected chi connectivity index (χ4v) is 2.94. The average molecular weight is 505 g/mol. The molecule has 0 atom stereocenters. The van der Waals surface area contributed by atoms with Gasteiger partial charge in [0.2, 0.25) is 5.89 Å². The number of aliphatic imine (C=N–C) groups is 1. The van der Waals surface area contributed by atoms with Crippen LogP contribution in [0, 0.1) is 0 Å². The third-order valence-electron chi connectivity index (χ3n) is 4.40. The lowest BCUT2D eigenvalue weighted by molar-refractivity contribution is 0.370. The molecule has 0 radical (unpaired) electrons. The maximum absolute atomic E-state index is 6.14. The van der Waals surface area contributed by atoms with E-state index < -0.39 is 0 Å². The van der Waals surface area contributed by atoms with E-state index in [4.69, 9.17) is 21.9 Å². The molecule has 1 aromatic heterocycles. The molecular weight excluding hydrogens is 479 g/mol. The standard InChI is InChI=1S/C18H25ClN6O.HI/c1-13(2)17-22-16(26-23-17)7-8-21-18(20)25-11-9-24(10-12-25)15-5-3-14(19)4-6-15;/h3-6,13H,7-12H2,1-2H3,(H2,20,21);1H. The summed E-state index contributed by atoms with van der Waals surface area (Å²) in [4.78, 5) is 13.3. The summed E-state index contributed by atoms with van der Waals surface area (Å²) in [6.45, 7) is 8.11. The van der Waals surface area contributed by atoms with Crippen molar-refractivity contribution in [3.05, 3.63) is 41.0 Å². The molecule has 27 heavy (non-hydrogen) atoms. The molecule has 1 fully saturated rings. The largest absolute Gasteiger partial charge is 0.370 e. The molecule has 7 nitrogen and oxygen atoms in total. The second-order valence-corrected chi connectivity index (χ2v) is 7.08. The summed E-state index contributed by atoms with van der Waals surface area (Å²) < 4.78 is 5.22. The summed E-state index contributed by atoms with van der Waals surface area (Å²) >= 11 is 5.95. The van der Waals surface area contributed by atoms with Crippen molar-refractivity contribution < 1.29 is 4.52 Å². The number of anilines is 1. The summed E-state index contributed by atoms with van der Waals surface area (Å²) in [7, 11) is 0. The normalized spacial score (nSPS) is 15.2. The van der Waals surface area contributed by atoms with Crippen LogP contribution in [0.25, 0.3) is 0 Å². The first-order chi connectivity index (χ1) is 12.5. The second kappa shape index (κ2) is 10.1. The molecule has 0 aliphatic carbocycles. The van der Waals surface area contributed by atoms with Gasteiger partial charge in [-0.15, -0.1) is 24.0 Å². The van der Waals surface area contributed by atoms with Crippen molar-refractivity contribution in [2.45, 2.75) is 26.2 Å². The van der Waals surface area contributed by atoms with Gasteiger partial charge in [-0.05, 0) is 24.3 Å². The van der Waals surface area contributed by atoms with E-state index in [1.165, 1.54) is 5.69 Å². The molecule has 2 heterocycles. The van der Waals surface area contributed by atoms with Crippen molar-refractivity contribution in [2.75, 3.05) is 37.6 Å². The first-order valence-electron chi connectivity index (χ1n) is 8.91. The smallest absolute Gasteiger partial charge is 0.228 e. The SMILES string of the molecule is CC(C)c1noc(CCN=C(N)N2CCN(c3ccc(Cl)cc3)CC2)n1.I. The van der Waals surface area contributed by atoms with Crippen LogP contribution in [0.4, 0.5) is 5.69 Å². The van der Waals surface area contributed by atoms with Gasteiger partial charge in [0.15, 0.2) is 11.8 Å². The topological polar surface area (TPSA) is 83.8 Å². The number of hydrogen-bond acceptors (Lipinski definition) is 5. The summed E-state index contributed by atoms with van der Waals surface area (Å²) in [6.07, 6.45) is 0.602. The molecular formula is C18H26ClIN6O. The number of nitrogens with zero attached hydrogens (tertiary/aromatic N) is 5. The quantitative estimate of drug-likeness (QED) is 0.383. The highest BCUT2D eigenvalue weighted by atomic mass is 127. The first kappa shape index (κ1) is 21.7. The lowest BCUT2D eigenvalue weighted by atomic mass is 10.2. The molecule has 1 saturated heterocycles. The zero-order valence-electron chi connectivity index (χ0n) is 15.6. The Balaban J connectivity index is 0.00000261. The van der Waals surface area contributed by atoms with Gasteiger partial charge in [0.1, 0.15) is 0 Å². The van der Waals surface area contributed by atoms with Crippen LogP contribution in [0.1, 0.15) is 31.5 Å². The van der Waals surface area contributed by atoms with Gasteiger partial charge >= 0.3 is 0 Å². The van der Waals surface area contributed by atoms with E-state index >= 15 is 0 Å². The Morgan fingerprint density at radius 1 is 1.22 bits per heavy atom. The van der Waals surface area contributed by atoms with Gasteiger partial charge in [0, 0.05) is 49.2 Å². The van der Waals surface area contributed by atoms with Gasteiger partial charge in [-0.25, -0.2) is 0 Å². The summed E-state index contributed by atoms with van der Waals surface area (Å²) in [5.74, 6) is 2.18. The second-order valence-electron chi connectivity index (χ2n) is 6.64. The minimum atomic E-state index is 0. The highest BCUT2D eigenvalue weighted by Gasteiger charge is 2.18. The zero-order chi connectivity index (χ0) is 18.5. The van der Waals surface area contributed by atoms with Crippen LogP contribution in [0.5, 0.6) is 0 Å². The molecule has 0 saturated carbocycles. The molecule has 1 aromatic carbocycles. The molecule has 0 spiro atoms. The van der Waals surface area contributed by atoms with E-state index in [-0.39, 0.29) is 29.9 Å². The Hall–Kier alpha value is -1.55. The third-order valence-corrected chi connectivity index (χ3v) is 4.65. The molecule has 2 aromatic rings. The molecule has 3 rings (SSSR count). The van der Waals surface area contributed by atoms with Gasteiger partial charge in [0.05, 0.1) is 6.54 Å². The maximum Gasteiger partial charge on any atom is 0.228 e. The summed E-state index contributed by atoms with van der Waals surface area (Å²) in [5.41, 5.74) is 7.33. The predicted molar refractivity (Wildman–Crippen MR) is 119 cm³/mol. The van der Waals surface area contributed by atoms with Gasteiger partial charge in [-0.1, -0.05) is 30.6 Å². The van der Waals surface area contributed by atoms with Crippen molar-refractivity contribution >= 4 is 47.2 Å². The molecule has 1 aliphatic rings. The lowest BCUT2D eigenvalue weighted by Crippen LogP contribution is -2.51. The fraction of sp³-hybridized carbons (Fsp3) is 0.500. The number of rotatable bonds is 5. The lowest BCUT2D eigenvalue weighted by Gasteiger charge is -2.36. The van der Waals surface area contributed by atoms with E-state index in [1.807, 2.05) is 38.1 Å².